The zero-order chi connectivity index (χ0) is 19.2. The maximum atomic E-state index is 12.5. The smallest absolute Gasteiger partial charge is 0.260 e. The van der Waals surface area contributed by atoms with Gasteiger partial charge in [0, 0.05) is 37.7 Å². The van der Waals surface area contributed by atoms with Crippen LogP contribution in [0.4, 0.5) is 0 Å². The van der Waals surface area contributed by atoms with Crippen molar-refractivity contribution in [2.24, 2.45) is 0 Å². The summed E-state index contributed by atoms with van der Waals surface area (Å²) >= 11 is 5.93. The zero-order valence-corrected chi connectivity index (χ0v) is 16.5. The van der Waals surface area contributed by atoms with Gasteiger partial charge in [0.25, 0.3) is 5.91 Å². The van der Waals surface area contributed by atoms with E-state index < -0.39 is 0 Å². The number of ether oxygens (including phenoxy) is 2. The lowest BCUT2D eigenvalue weighted by Gasteiger charge is -2.34. The summed E-state index contributed by atoms with van der Waals surface area (Å²) < 4.78 is 11.0. The molecule has 5 nitrogen and oxygen atoms in total. The van der Waals surface area contributed by atoms with Gasteiger partial charge in [0.1, 0.15) is 0 Å². The molecule has 1 saturated heterocycles. The minimum absolute atomic E-state index is 0.00349. The van der Waals surface area contributed by atoms with Crippen LogP contribution >= 0.6 is 11.6 Å². The maximum Gasteiger partial charge on any atom is 0.260 e. The number of methoxy groups -OCH3 is 1. The molecule has 3 rings (SSSR count). The van der Waals surface area contributed by atoms with Crippen molar-refractivity contribution < 1.29 is 14.3 Å². The van der Waals surface area contributed by atoms with Crippen molar-refractivity contribution in [3.05, 3.63) is 58.6 Å². The van der Waals surface area contributed by atoms with Crippen molar-refractivity contribution in [3.63, 3.8) is 0 Å². The Morgan fingerprint density at radius 2 is 1.74 bits per heavy atom. The van der Waals surface area contributed by atoms with Crippen LogP contribution in [0.25, 0.3) is 0 Å². The van der Waals surface area contributed by atoms with Crippen molar-refractivity contribution in [3.8, 4) is 11.5 Å². The molecule has 0 atom stereocenters. The fraction of sp³-hybridized carbons (Fsp3) is 0.381. The quantitative estimate of drug-likeness (QED) is 0.760. The summed E-state index contributed by atoms with van der Waals surface area (Å²) in [6.07, 6.45) is 0. The molecule has 0 radical (unpaired) electrons. The average Bonchev–Trinajstić information content (AvgIpc) is 2.69. The Bertz CT molecular complexity index is 771. The Balaban J connectivity index is 1.46. The van der Waals surface area contributed by atoms with Gasteiger partial charge in [-0.1, -0.05) is 29.8 Å². The van der Waals surface area contributed by atoms with Gasteiger partial charge in [-0.05, 0) is 42.3 Å². The predicted molar refractivity (Wildman–Crippen MR) is 107 cm³/mol. The van der Waals surface area contributed by atoms with Crippen LogP contribution in [0.5, 0.6) is 11.5 Å². The highest BCUT2D eigenvalue weighted by Gasteiger charge is 2.21. The lowest BCUT2D eigenvalue weighted by atomic mass is 10.2. The molecule has 1 heterocycles. The first-order valence-corrected chi connectivity index (χ1v) is 9.45. The standard InChI is InChI=1S/C21H25ClN2O3/c1-16-3-8-19(20(13-16)26-2)27-15-21(25)24-11-9-23(10-12-24)14-17-4-6-18(22)7-5-17/h3-8,13H,9-12,14-15H2,1-2H3. The number of rotatable bonds is 6. The van der Waals surface area contributed by atoms with E-state index in [9.17, 15) is 4.79 Å². The van der Waals surface area contributed by atoms with Gasteiger partial charge in [0.2, 0.25) is 0 Å². The van der Waals surface area contributed by atoms with Crippen LogP contribution in [-0.4, -0.2) is 55.6 Å². The van der Waals surface area contributed by atoms with Crippen molar-refractivity contribution >= 4 is 17.5 Å². The molecule has 0 bridgehead atoms. The van der Waals surface area contributed by atoms with E-state index in [0.717, 1.165) is 30.2 Å². The van der Waals surface area contributed by atoms with E-state index in [2.05, 4.69) is 4.90 Å². The van der Waals surface area contributed by atoms with Gasteiger partial charge in [-0.3, -0.25) is 9.69 Å². The summed E-state index contributed by atoms with van der Waals surface area (Å²) in [7, 11) is 1.60. The Kier molecular flexibility index (Phi) is 6.58. The Hall–Kier alpha value is -2.24. The Morgan fingerprint density at radius 3 is 2.41 bits per heavy atom. The van der Waals surface area contributed by atoms with E-state index in [-0.39, 0.29) is 12.5 Å². The first-order chi connectivity index (χ1) is 13.0. The van der Waals surface area contributed by atoms with Crippen molar-refractivity contribution in [2.45, 2.75) is 13.5 Å². The van der Waals surface area contributed by atoms with Gasteiger partial charge in [0.05, 0.1) is 7.11 Å². The Labute approximate surface area is 165 Å². The lowest BCUT2D eigenvalue weighted by Crippen LogP contribution is -2.49. The van der Waals surface area contributed by atoms with Crippen LogP contribution in [0.3, 0.4) is 0 Å². The molecule has 0 unspecified atom stereocenters. The van der Waals surface area contributed by atoms with Crippen molar-refractivity contribution in [2.75, 3.05) is 39.9 Å². The highest BCUT2D eigenvalue weighted by molar-refractivity contribution is 6.30. The number of nitrogens with zero attached hydrogens (tertiary/aromatic N) is 2. The molecule has 27 heavy (non-hydrogen) atoms. The molecule has 2 aromatic carbocycles. The SMILES string of the molecule is COc1cc(C)ccc1OCC(=O)N1CCN(Cc2ccc(Cl)cc2)CC1. The van der Waals surface area contributed by atoms with E-state index in [4.69, 9.17) is 21.1 Å². The molecule has 0 aliphatic carbocycles. The summed E-state index contributed by atoms with van der Waals surface area (Å²) in [5.74, 6) is 1.25. The fourth-order valence-corrected chi connectivity index (χ4v) is 3.25. The second kappa shape index (κ2) is 9.11. The summed E-state index contributed by atoms with van der Waals surface area (Å²) in [4.78, 5) is 16.7. The molecule has 0 saturated carbocycles. The number of amides is 1. The van der Waals surface area contributed by atoms with E-state index in [1.807, 2.05) is 54.3 Å². The van der Waals surface area contributed by atoms with Gasteiger partial charge in [-0.25, -0.2) is 0 Å². The molecule has 0 aromatic heterocycles. The number of hydrogen-bond acceptors (Lipinski definition) is 4. The predicted octanol–water partition coefficient (Wildman–Crippen LogP) is 3.38. The second-order valence-electron chi connectivity index (χ2n) is 6.73. The van der Waals surface area contributed by atoms with Crippen LogP contribution in [0, 0.1) is 6.92 Å². The molecular weight excluding hydrogens is 364 g/mol. The number of halogens is 1. The third-order valence-electron chi connectivity index (χ3n) is 4.71. The average molecular weight is 389 g/mol. The fourth-order valence-electron chi connectivity index (χ4n) is 3.13. The van der Waals surface area contributed by atoms with Crippen LogP contribution in [-0.2, 0) is 11.3 Å². The minimum atomic E-state index is 0.00349. The molecule has 1 aliphatic rings. The monoisotopic (exact) mass is 388 g/mol. The summed E-state index contributed by atoms with van der Waals surface area (Å²) in [6.45, 7) is 6.00. The maximum absolute atomic E-state index is 12.5. The van der Waals surface area contributed by atoms with E-state index in [0.29, 0.717) is 24.6 Å². The van der Waals surface area contributed by atoms with Crippen molar-refractivity contribution in [1.29, 1.82) is 0 Å². The number of carbonyl (C=O) groups excluding carboxylic acids is 1. The molecule has 1 fully saturated rings. The Morgan fingerprint density at radius 1 is 1.04 bits per heavy atom. The van der Waals surface area contributed by atoms with Crippen LogP contribution < -0.4 is 9.47 Å². The van der Waals surface area contributed by atoms with Gasteiger partial charge < -0.3 is 14.4 Å². The van der Waals surface area contributed by atoms with Crippen molar-refractivity contribution in [1.82, 2.24) is 9.80 Å². The van der Waals surface area contributed by atoms with E-state index in [1.165, 1.54) is 5.56 Å². The number of aryl methyl sites for hydroxylation is 1. The molecule has 1 amide bonds. The largest absolute Gasteiger partial charge is 0.493 e. The second-order valence-corrected chi connectivity index (χ2v) is 7.16. The first kappa shape index (κ1) is 19.5. The van der Waals surface area contributed by atoms with Gasteiger partial charge in [0.15, 0.2) is 18.1 Å². The molecular formula is C21H25ClN2O3. The summed E-state index contributed by atoms with van der Waals surface area (Å²) in [5.41, 5.74) is 2.32. The molecule has 6 heteroatoms. The highest BCUT2D eigenvalue weighted by atomic mass is 35.5. The van der Waals surface area contributed by atoms with Gasteiger partial charge in [-0.2, -0.15) is 0 Å². The highest BCUT2D eigenvalue weighted by Crippen LogP contribution is 2.27. The minimum Gasteiger partial charge on any atom is -0.493 e. The number of piperazine rings is 1. The summed E-state index contributed by atoms with van der Waals surface area (Å²) in [6, 6.07) is 13.6. The topological polar surface area (TPSA) is 42.0 Å². The number of hydrogen-bond donors (Lipinski definition) is 0. The first-order valence-electron chi connectivity index (χ1n) is 9.07. The molecule has 2 aromatic rings. The zero-order valence-electron chi connectivity index (χ0n) is 15.8. The lowest BCUT2D eigenvalue weighted by molar-refractivity contribution is -0.135. The molecule has 1 aliphatic heterocycles. The van der Waals surface area contributed by atoms with Crippen LogP contribution in [0.2, 0.25) is 5.02 Å². The van der Waals surface area contributed by atoms with E-state index in [1.54, 1.807) is 7.11 Å². The summed E-state index contributed by atoms with van der Waals surface area (Å²) in [5, 5.41) is 0.749. The molecule has 144 valence electrons. The van der Waals surface area contributed by atoms with Crippen LogP contribution in [0.15, 0.2) is 42.5 Å². The normalized spacial score (nSPS) is 14.9. The van der Waals surface area contributed by atoms with E-state index >= 15 is 0 Å². The van der Waals surface area contributed by atoms with Gasteiger partial charge >= 0.3 is 0 Å². The van der Waals surface area contributed by atoms with Crippen LogP contribution in [0.1, 0.15) is 11.1 Å². The van der Waals surface area contributed by atoms with Gasteiger partial charge in [-0.15, -0.1) is 0 Å². The third kappa shape index (κ3) is 5.37. The number of carbonyl (C=O) groups is 1. The molecule has 0 spiro atoms. The third-order valence-corrected chi connectivity index (χ3v) is 4.97. The number of benzene rings is 2. The molecule has 0 N–H and O–H groups in total.